The van der Waals surface area contributed by atoms with Crippen molar-refractivity contribution >= 4 is 34.9 Å². The first-order valence-corrected chi connectivity index (χ1v) is 10.2. The van der Waals surface area contributed by atoms with Crippen LogP contribution in [0, 0.1) is 0 Å². The third-order valence-electron chi connectivity index (χ3n) is 4.67. The van der Waals surface area contributed by atoms with Gasteiger partial charge in [-0.1, -0.05) is 25.5 Å². The number of hydrogen-bond donors (Lipinski definition) is 2. The van der Waals surface area contributed by atoms with Crippen LogP contribution in [0.4, 0.5) is 5.69 Å². The van der Waals surface area contributed by atoms with Gasteiger partial charge in [-0.05, 0) is 57.1 Å². The molecule has 1 aliphatic heterocycles. The molecule has 1 aromatic rings. The number of nitrogens with zero attached hydrogens (tertiary/aromatic N) is 1. The molecule has 1 aromatic carbocycles. The lowest BCUT2D eigenvalue weighted by Gasteiger charge is -2.37. The Bertz CT molecular complexity index is 776. The number of nitrogens with one attached hydrogen (secondary N) is 2. The fourth-order valence-electron chi connectivity index (χ4n) is 3.24. The Hall–Kier alpha value is -2.41. The Morgan fingerprint density at radius 2 is 2.04 bits per heavy atom. The van der Waals surface area contributed by atoms with Gasteiger partial charge < -0.3 is 20.3 Å². The Labute approximate surface area is 172 Å². The maximum Gasteiger partial charge on any atom is 0.338 e. The molecule has 0 aliphatic carbocycles. The van der Waals surface area contributed by atoms with Crippen molar-refractivity contribution in [1.82, 2.24) is 10.2 Å². The number of anilines is 1. The minimum atomic E-state index is -0.429. The summed E-state index contributed by atoms with van der Waals surface area (Å²) in [6, 6.07) is 7.06. The number of benzene rings is 1. The Balaban J connectivity index is 2.37. The van der Waals surface area contributed by atoms with E-state index in [2.05, 4.69) is 17.6 Å². The summed E-state index contributed by atoms with van der Waals surface area (Å²) in [6.07, 6.45) is 2.31. The fraction of sp³-hybridized carbons (Fsp3) is 0.476. The van der Waals surface area contributed by atoms with E-state index >= 15 is 0 Å². The minimum Gasteiger partial charge on any atom is -0.463 e. The molecular weight excluding hydrogens is 374 g/mol. The second-order valence-electron chi connectivity index (χ2n) is 6.62. The van der Waals surface area contributed by atoms with Crippen LogP contribution in [0.15, 0.2) is 35.5 Å². The molecule has 2 rings (SSSR count). The van der Waals surface area contributed by atoms with Crippen LogP contribution in [0.1, 0.15) is 58.6 Å². The highest BCUT2D eigenvalue weighted by Gasteiger charge is 2.34. The molecule has 1 amide bonds. The number of rotatable bonds is 8. The molecule has 2 N–H and O–H groups in total. The van der Waals surface area contributed by atoms with Crippen molar-refractivity contribution in [3.8, 4) is 0 Å². The first kappa shape index (κ1) is 21.9. The topological polar surface area (TPSA) is 70.7 Å². The molecular formula is C21H29N3O3S. The molecule has 0 aromatic heterocycles. The molecule has 0 saturated heterocycles. The van der Waals surface area contributed by atoms with Gasteiger partial charge in [-0.25, -0.2) is 4.79 Å². The standard InChI is InChI=1S/C21H29N3O3S/c1-5-8-12-17(25)22-16-11-9-10-15(13-16)19-18(20(26)27-7-3)14(4)24(6-2)21(28)23-19/h9-11,13,19H,5-8,12H2,1-4H3,(H,22,25)(H,23,28)/t19-/m0/s1. The molecule has 6 nitrogen and oxygen atoms in total. The van der Waals surface area contributed by atoms with E-state index in [0.717, 1.165) is 24.1 Å². The second kappa shape index (κ2) is 10.2. The van der Waals surface area contributed by atoms with Crippen LogP contribution in [0.25, 0.3) is 0 Å². The van der Waals surface area contributed by atoms with Gasteiger partial charge in [0.25, 0.3) is 0 Å². The lowest BCUT2D eigenvalue weighted by atomic mass is 9.94. The monoisotopic (exact) mass is 403 g/mol. The normalized spacial score (nSPS) is 16.6. The molecule has 152 valence electrons. The van der Waals surface area contributed by atoms with E-state index < -0.39 is 6.04 Å². The largest absolute Gasteiger partial charge is 0.463 e. The van der Waals surface area contributed by atoms with Crippen LogP contribution < -0.4 is 10.6 Å². The second-order valence-corrected chi connectivity index (χ2v) is 7.01. The predicted octanol–water partition coefficient (Wildman–Crippen LogP) is 3.90. The fourth-order valence-corrected chi connectivity index (χ4v) is 3.63. The molecule has 0 bridgehead atoms. The first-order valence-electron chi connectivity index (χ1n) is 9.78. The number of carbonyl (C=O) groups excluding carboxylic acids is 2. The summed E-state index contributed by atoms with van der Waals surface area (Å²) in [4.78, 5) is 26.6. The highest BCUT2D eigenvalue weighted by Crippen LogP contribution is 2.32. The molecule has 0 spiro atoms. The Kier molecular flexibility index (Phi) is 7.99. The van der Waals surface area contributed by atoms with Crippen LogP contribution in [0.5, 0.6) is 0 Å². The molecule has 0 fully saturated rings. The maximum atomic E-state index is 12.7. The third kappa shape index (κ3) is 5.10. The summed E-state index contributed by atoms with van der Waals surface area (Å²) in [5, 5.41) is 6.75. The Morgan fingerprint density at radius 1 is 1.29 bits per heavy atom. The van der Waals surface area contributed by atoms with Gasteiger partial charge >= 0.3 is 5.97 Å². The number of allylic oxidation sites excluding steroid dienone is 1. The molecule has 7 heteroatoms. The third-order valence-corrected chi connectivity index (χ3v) is 5.01. The van der Waals surface area contributed by atoms with Crippen molar-refractivity contribution in [2.75, 3.05) is 18.5 Å². The summed E-state index contributed by atoms with van der Waals surface area (Å²) in [5.41, 5.74) is 2.86. The maximum absolute atomic E-state index is 12.7. The first-order chi connectivity index (χ1) is 13.4. The number of ether oxygens (including phenoxy) is 1. The van der Waals surface area contributed by atoms with Crippen LogP contribution in [-0.2, 0) is 14.3 Å². The van der Waals surface area contributed by atoms with Crippen molar-refractivity contribution in [1.29, 1.82) is 0 Å². The Morgan fingerprint density at radius 3 is 2.68 bits per heavy atom. The number of carbonyl (C=O) groups is 2. The number of thiocarbonyl (C=S) groups is 1. The van der Waals surface area contributed by atoms with Crippen molar-refractivity contribution in [2.45, 2.75) is 53.0 Å². The van der Waals surface area contributed by atoms with Crippen LogP contribution >= 0.6 is 12.2 Å². The molecule has 0 radical (unpaired) electrons. The van der Waals surface area contributed by atoms with E-state index in [-0.39, 0.29) is 11.9 Å². The average Bonchev–Trinajstić information content (AvgIpc) is 2.66. The summed E-state index contributed by atoms with van der Waals surface area (Å²) >= 11 is 5.49. The average molecular weight is 404 g/mol. The summed E-state index contributed by atoms with van der Waals surface area (Å²) < 4.78 is 5.29. The molecule has 1 aliphatic rings. The smallest absolute Gasteiger partial charge is 0.338 e. The molecule has 0 unspecified atom stereocenters. The molecule has 1 heterocycles. The molecule has 1 atom stereocenters. The van der Waals surface area contributed by atoms with Gasteiger partial charge in [-0.2, -0.15) is 0 Å². The van der Waals surface area contributed by atoms with Gasteiger partial charge in [0.15, 0.2) is 5.11 Å². The molecule has 28 heavy (non-hydrogen) atoms. The number of amides is 1. The summed E-state index contributed by atoms with van der Waals surface area (Å²) in [5.74, 6) is -0.378. The highest BCUT2D eigenvalue weighted by atomic mass is 32.1. The minimum absolute atomic E-state index is 0.0133. The van der Waals surface area contributed by atoms with E-state index in [1.54, 1.807) is 6.92 Å². The number of hydrogen-bond acceptors (Lipinski definition) is 4. The van der Waals surface area contributed by atoms with E-state index in [0.29, 0.717) is 35.9 Å². The van der Waals surface area contributed by atoms with Crippen molar-refractivity contribution in [2.24, 2.45) is 0 Å². The zero-order chi connectivity index (χ0) is 20.7. The van der Waals surface area contributed by atoms with Crippen LogP contribution in [0.3, 0.4) is 0 Å². The summed E-state index contributed by atoms with van der Waals surface area (Å²) in [7, 11) is 0. The van der Waals surface area contributed by atoms with Gasteiger partial charge in [0.2, 0.25) is 5.91 Å². The van der Waals surface area contributed by atoms with Gasteiger partial charge in [-0.15, -0.1) is 0 Å². The van der Waals surface area contributed by atoms with Gasteiger partial charge in [0, 0.05) is 24.4 Å². The number of unbranched alkanes of at least 4 members (excludes halogenated alkanes) is 1. The van der Waals surface area contributed by atoms with E-state index in [4.69, 9.17) is 17.0 Å². The van der Waals surface area contributed by atoms with Gasteiger partial charge in [0.05, 0.1) is 18.2 Å². The van der Waals surface area contributed by atoms with Gasteiger partial charge in [0.1, 0.15) is 0 Å². The van der Waals surface area contributed by atoms with Crippen molar-refractivity contribution in [3.63, 3.8) is 0 Å². The van der Waals surface area contributed by atoms with Crippen LogP contribution in [-0.4, -0.2) is 35.0 Å². The van der Waals surface area contributed by atoms with Crippen LogP contribution in [0.2, 0.25) is 0 Å². The van der Waals surface area contributed by atoms with E-state index in [9.17, 15) is 9.59 Å². The van der Waals surface area contributed by atoms with Gasteiger partial charge in [-0.3, -0.25) is 4.79 Å². The highest BCUT2D eigenvalue weighted by molar-refractivity contribution is 7.80. The van der Waals surface area contributed by atoms with Crippen molar-refractivity contribution < 1.29 is 14.3 Å². The van der Waals surface area contributed by atoms with E-state index in [1.807, 2.05) is 43.0 Å². The lowest BCUT2D eigenvalue weighted by molar-refractivity contribution is -0.139. The summed E-state index contributed by atoms with van der Waals surface area (Å²) in [6.45, 7) is 8.65. The van der Waals surface area contributed by atoms with Crippen molar-refractivity contribution in [3.05, 3.63) is 41.1 Å². The lowest BCUT2D eigenvalue weighted by Crippen LogP contribution is -2.47. The zero-order valence-electron chi connectivity index (χ0n) is 17.0. The quantitative estimate of drug-likeness (QED) is 0.507. The predicted molar refractivity (Wildman–Crippen MR) is 115 cm³/mol. The van der Waals surface area contributed by atoms with E-state index in [1.165, 1.54) is 0 Å². The number of esters is 1. The molecule has 0 saturated carbocycles. The SMILES string of the molecule is CCCCC(=O)Nc1cccc([C@@H]2NC(=S)N(CC)C(C)=C2C(=O)OCC)c1. The zero-order valence-corrected chi connectivity index (χ0v) is 17.8.